The number of carbonyl (C=O) groups excluding carboxylic acids is 2. The van der Waals surface area contributed by atoms with E-state index in [1.807, 2.05) is 30.3 Å². The molecule has 0 aromatic heterocycles. The highest BCUT2D eigenvalue weighted by Gasteiger charge is 2.52. The number of benzene rings is 1. The van der Waals surface area contributed by atoms with Crippen LogP contribution in [0.15, 0.2) is 30.3 Å². The second-order valence-corrected chi connectivity index (χ2v) is 7.66. The molecule has 2 rings (SSSR count). The van der Waals surface area contributed by atoms with E-state index in [1.165, 1.54) is 4.90 Å². The fraction of sp³-hybridized carbons (Fsp3) is 0.600. The first-order valence-corrected chi connectivity index (χ1v) is 9.11. The van der Waals surface area contributed by atoms with Crippen LogP contribution in [-0.2, 0) is 20.9 Å². The van der Waals surface area contributed by atoms with Crippen LogP contribution in [0.3, 0.4) is 0 Å². The zero-order valence-electron chi connectivity index (χ0n) is 15.9. The van der Waals surface area contributed by atoms with Gasteiger partial charge < -0.3 is 14.6 Å². The summed E-state index contributed by atoms with van der Waals surface area (Å²) < 4.78 is 11.0. The van der Waals surface area contributed by atoms with Crippen LogP contribution in [0.1, 0.15) is 52.0 Å². The maximum Gasteiger partial charge on any atom is 0.411 e. The Morgan fingerprint density at radius 3 is 2.54 bits per heavy atom. The van der Waals surface area contributed by atoms with E-state index in [0.717, 1.165) is 5.56 Å². The Hall–Kier alpha value is -2.08. The van der Waals surface area contributed by atoms with Gasteiger partial charge in [0, 0.05) is 13.2 Å². The number of aliphatic hydroxyl groups excluding tert-OH is 1. The highest BCUT2D eigenvalue weighted by atomic mass is 16.6. The van der Waals surface area contributed by atoms with E-state index in [4.69, 9.17) is 9.47 Å². The molecule has 0 aliphatic carbocycles. The van der Waals surface area contributed by atoms with Crippen LogP contribution in [0.25, 0.3) is 0 Å². The van der Waals surface area contributed by atoms with E-state index in [9.17, 15) is 14.7 Å². The average molecular weight is 363 g/mol. The first-order valence-electron chi connectivity index (χ1n) is 9.11. The Kier molecular flexibility index (Phi) is 6.64. The van der Waals surface area contributed by atoms with E-state index >= 15 is 0 Å². The molecule has 6 nitrogen and oxygen atoms in total. The number of likely N-dealkylation sites (tertiary alicyclic amines) is 1. The molecule has 144 valence electrons. The number of aliphatic hydroxyl groups is 1. The van der Waals surface area contributed by atoms with E-state index in [0.29, 0.717) is 32.2 Å². The third-order valence-electron chi connectivity index (χ3n) is 4.44. The Morgan fingerprint density at radius 2 is 1.92 bits per heavy atom. The normalized spacial score (nSPS) is 20.1. The minimum Gasteiger partial charge on any atom is -0.458 e. The fourth-order valence-electron chi connectivity index (χ4n) is 3.26. The van der Waals surface area contributed by atoms with Crippen molar-refractivity contribution in [2.45, 2.75) is 64.2 Å². The molecule has 1 amide bonds. The van der Waals surface area contributed by atoms with Gasteiger partial charge in [-0.15, -0.1) is 0 Å². The molecule has 0 unspecified atom stereocenters. The number of esters is 1. The maximum atomic E-state index is 12.9. The van der Waals surface area contributed by atoms with Crippen molar-refractivity contribution in [1.82, 2.24) is 4.90 Å². The molecule has 0 saturated carbocycles. The van der Waals surface area contributed by atoms with Crippen LogP contribution in [0, 0.1) is 0 Å². The van der Waals surface area contributed by atoms with Crippen LogP contribution < -0.4 is 0 Å². The summed E-state index contributed by atoms with van der Waals surface area (Å²) in [5.74, 6) is -0.424. The first kappa shape index (κ1) is 20.2. The van der Waals surface area contributed by atoms with Crippen molar-refractivity contribution in [3.63, 3.8) is 0 Å². The number of amides is 1. The van der Waals surface area contributed by atoms with Crippen molar-refractivity contribution in [1.29, 1.82) is 0 Å². The lowest BCUT2D eigenvalue weighted by Gasteiger charge is -2.37. The van der Waals surface area contributed by atoms with Crippen molar-refractivity contribution in [3.8, 4) is 0 Å². The topological polar surface area (TPSA) is 76.1 Å². The number of nitrogens with zero attached hydrogens (tertiary/aromatic N) is 1. The smallest absolute Gasteiger partial charge is 0.411 e. The molecule has 1 heterocycles. The standard InChI is InChI=1S/C20H29NO5/c1-19(2,3)26-17(23)20(12-8-14-22)11-7-13-21(20)18(24)25-15-16-9-5-4-6-10-16/h4-6,9-10,22H,7-8,11-15H2,1-3H3/t20-/m1/s1. The van der Waals surface area contributed by atoms with E-state index < -0.39 is 23.2 Å². The molecule has 1 aliphatic heterocycles. The van der Waals surface area contributed by atoms with Gasteiger partial charge in [0.1, 0.15) is 17.7 Å². The van der Waals surface area contributed by atoms with Crippen LogP contribution >= 0.6 is 0 Å². The molecule has 1 aromatic carbocycles. The van der Waals surface area contributed by atoms with Crippen LogP contribution in [0.4, 0.5) is 4.79 Å². The Morgan fingerprint density at radius 1 is 1.23 bits per heavy atom. The summed E-state index contributed by atoms with van der Waals surface area (Å²) >= 11 is 0. The van der Waals surface area contributed by atoms with Gasteiger partial charge in [-0.1, -0.05) is 30.3 Å². The zero-order valence-corrected chi connectivity index (χ0v) is 15.9. The van der Waals surface area contributed by atoms with Crippen molar-refractivity contribution in [2.75, 3.05) is 13.2 Å². The molecule has 1 aliphatic rings. The molecule has 1 aromatic rings. The molecule has 1 N–H and O–H groups in total. The molecular formula is C20H29NO5. The molecule has 0 bridgehead atoms. The van der Waals surface area contributed by atoms with Crippen molar-refractivity contribution in [2.24, 2.45) is 0 Å². The number of hydrogen-bond donors (Lipinski definition) is 1. The number of rotatable bonds is 6. The molecule has 0 radical (unpaired) electrons. The van der Waals surface area contributed by atoms with E-state index in [1.54, 1.807) is 20.8 Å². The Bertz CT molecular complexity index is 610. The summed E-state index contributed by atoms with van der Waals surface area (Å²) in [4.78, 5) is 27.1. The number of hydrogen-bond acceptors (Lipinski definition) is 5. The minimum absolute atomic E-state index is 0.0442. The predicted octanol–water partition coefficient (Wildman–Crippen LogP) is 3.27. The van der Waals surface area contributed by atoms with Crippen LogP contribution in [0.5, 0.6) is 0 Å². The summed E-state index contributed by atoms with van der Waals surface area (Å²) in [5, 5.41) is 9.25. The van der Waals surface area contributed by atoms with Gasteiger partial charge in [-0.2, -0.15) is 0 Å². The lowest BCUT2D eigenvalue weighted by molar-refractivity contribution is -0.168. The summed E-state index contributed by atoms with van der Waals surface area (Å²) in [5.41, 5.74) is -0.826. The molecule has 26 heavy (non-hydrogen) atoms. The van der Waals surface area contributed by atoms with Gasteiger partial charge >= 0.3 is 12.1 Å². The SMILES string of the molecule is CC(C)(C)OC(=O)[C@]1(CCCO)CCCN1C(=O)OCc1ccccc1. The van der Waals surface area contributed by atoms with Crippen molar-refractivity contribution >= 4 is 12.1 Å². The zero-order chi connectivity index (χ0) is 19.2. The Labute approximate surface area is 155 Å². The third-order valence-corrected chi connectivity index (χ3v) is 4.44. The molecule has 1 atom stereocenters. The maximum absolute atomic E-state index is 12.9. The van der Waals surface area contributed by atoms with Crippen molar-refractivity contribution in [3.05, 3.63) is 35.9 Å². The number of carbonyl (C=O) groups is 2. The third kappa shape index (κ3) is 4.97. The summed E-state index contributed by atoms with van der Waals surface area (Å²) in [6, 6.07) is 9.42. The highest BCUT2D eigenvalue weighted by molar-refractivity contribution is 5.86. The average Bonchev–Trinajstić information content (AvgIpc) is 3.02. The second-order valence-electron chi connectivity index (χ2n) is 7.66. The first-order chi connectivity index (χ1) is 12.3. The molecule has 0 spiro atoms. The minimum atomic E-state index is -1.07. The van der Waals surface area contributed by atoms with Gasteiger partial charge in [0.2, 0.25) is 0 Å². The molecule has 1 saturated heterocycles. The highest BCUT2D eigenvalue weighted by Crippen LogP contribution is 2.36. The van der Waals surface area contributed by atoms with Gasteiger partial charge in [0.05, 0.1) is 0 Å². The summed E-state index contributed by atoms with van der Waals surface area (Å²) in [6.45, 7) is 5.96. The van der Waals surface area contributed by atoms with E-state index in [2.05, 4.69) is 0 Å². The molecular weight excluding hydrogens is 334 g/mol. The van der Waals surface area contributed by atoms with Crippen molar-refractivity contribution < 1.29 is 24.2 Å². The number of ether oxygens (including phenoxy) is 2. The quantitative estimate of drug-likeness (QED) is 0.785. The Balaban J connectivity index is 2.14. The predicted molar refractivity (Wildman–Crippen MR) is 97.5 cm³/mol. The summed E-state index contributed by atoms with van der Waals surface area (Å²) in [6.07, 6.45) is 1.48. The van der Waals surface area contributed by atoms with Gasteiger partial charge in [-0.25, -0.2) is 9.59 Å². The van der Waals surface area contributed by atoms with Gasteiger partial charge in [0.15, 0.2) is 0 Å². The monoisotopic (exact) mass is 363 g/mol. The fourth-order valence-corrected chi connectivity index (χ4v) is 3.26. The van der Waals surface area contributed by atoms with E-state index in [-0.39, 0.29) is 13.2 Å². The lowest BCUT2D eigenvalue weighted by atomic mass is 9.90. The van der Waals surface area contributed by atoms with Crippen LogP contribution in [0.2, 0.25) is 0 Å². The molecule has 6 heteroatoms. The van der Waals surface area contributed by atoms with Gasteiger partial charge in [0.25, 0.3) is 0 Å². The van der Waals surface area contributed by atoms with Gasteiger partial charge in [-0.3, -0.25) is 4.90 Å². The van der Waals surface area contributed by atoms with Gasteiger partial charge in [-0.05, 0) is 52.0 Å². The molecule has 1 fully saturated rings. The largest absolute Gasteiger partial charge is 0.458 e. The lowest BCUT2D eigenvalue weighted by Crippen LogP contribution is -2.55. The second kappa shape index (κ2) is 8.54. The van der Waals surface area contributed by atoms with Crippen LogP contribution in [-0.4, -0.2) is 46.4 Å². The summed E-state index contributed by atoms with van der Waals surface area (Å²) in [7, 11) is 0.